The van der Waals surface area contributed by atoms with E-state index in [9.17, 15) is 0 Å². The van der Waals surface area contributed by atoms with Gasteiger partial charge in [0.1, 0.15) is 0 Å². The molecule has 0 saturated carbocycles. The molecular formula is C5H10O4Ti. The Hall–Kier alpha value is -0.126. The third-order valence-corrected chi connectivity index (χ3v) is 2.21. The van der Waals surface area contributed by atoms with Gasteiger partial charge in [-0.3, -0.25) is 0 Å². The molecule has 0 aliphatic carbocycles. The Kier molecular flexibility index (Phi) is 4.59. The summed E-state index contributed by atoms with van der Waals surface area (Å²) in [6.45, 7) is 6.55. The van der Waals surface area contributed by atoms with E-state index in [2.05, 4.69) is 19.8 Å². The van der Waals surface area contributed by atoms with E-state index in [1.165, 1.54) is 6.08 Å². The van der Waals surface area contributed by atoms with Crippen molar-refractivity contribution in [2.45, 2.75) is 0 Å². The van der Waals surface area contributed by atoms with Crippen molar-refractivity contribution >= 4 is 0 Å². The van der Waals surface area contributed by atoms with Crippen molar-refractivity contribution in [1.82, 2.24) is 0 Å². The maximum atomic E-state index is 8.83. The summed E-state index contributed by atoms with van der Waals surface area (Å²) in [5.74, 6) is 0. The van der Waals surface area contributed by atoms with Crippen LogP contribution >= 0.6 is 0 Å². The van der Waals surface area contributed by atoms with Gasteiger partial charge in [0.15, 0.2) is 0 Å². The molecule has 0 aliphatic heterocycles. The number of hydrogen-bond acceptors (Lipinski definition) is 4. The van der Waals surface area contributed by atoms with Gasteiger partial charge in [-0.1, -0.05) is 0 Å². The molecule has 0 spiro atoms. The monoisotopic (exact) mass is 182 g/mol. The molecule has 5 heteroatoms. The van der Waals surface area contributed by atoms with Crippen LogP contribution in [0, 0.1) is 0 Å². The molecule has 0 saturated heterocycles. The van der Waals surface area contributed by atoms with Crippen LogP contribution in [0.25, 0.3) is 0 Å². The molecule has 0 aromatic carbocycles. The van der Waals surface area contributed by atoms with Crippen LogP contribution in [-0.4, -0.2) is 14.0 Å². The van der Waals surface area contributed by atoms with Crippen molar-refractivity contribution in [3.05, 3.63) is 25.5 Å². The fraction of sp³-hybridized carbons (Fsp3) is 0.200. The second-order valence-electron chi connectivity index (χ2n) is 1.43. The predicted molar refractivity (Wildman–Crippen MR) is 31.9 cm³/mol. The molecule has 10 heavy (non-hydrogen) atoms. The Morgan fingerprint density at radius 1 is 1.40 bits per heavy atom. The van der Waals surface area contributed by atoms with Gasteiger partial charge in [0.05, 0.1) is 0 Å². The SMILES string of the molecule is C=CC[O][Ti]([OH])([OH])[O]C=C. The molecule has 2 N–H and O–H groups in total. The summed E-state index contributed by atoms with van der Waals surface area (Å²) >= 11 is -4.38. The Labute approximate surface area is 64.7 Å². The molecule has 0 aliphatic rings. The van der Waals surface area contributed by atoms with Gasteiger partial charge in [0.25, 0.3) is 0 Å². The third-order valence-electron chi connectivity index (χ3n) is 0.626. The van der Waals surface area contributed by atoms with E-state index in [1.54, 1.807) is 0 Å². The van der Waals surface area contributed by atoms with Crippen molar-refractivity contribution in [3.8, 4) is 0 Å². The van der Waals surface area contributed by atoms with Gasteiger partial charge < -0.3 is 0 Å². The molecular weight excluding hydrogens is 172 g/mol. The third kappa shape index (κ3) is 4.72. The minimum atomic E-state index is -4.38. The zero-order chi connectivity index (χ0) is 8.04. The van der Waals surface area contributed by atoms with Gasteiger partial charge in [0, 0.05) is 0 Å². The van der Waals surface area contributed by atoms with Crippen molar-refractivity contribution in [1.29, 1.82) is 0 Å². The van der Waals surface area contributed by atoms with E-state index >= 15 is 0 Å². The van der Waals surface area contributed by atoms with Crippen molar-refractivity contribution in [2.24, 2.45) is 0 Å². The van der Waals surface area contributed by atoms with Crippen LogP contribution < -0.4 is 0 Å². The predicted octanol–water partition coefficient (Wildman–Crippen LogP) is 0.148. The Morgan fingerprint density at radius 3 is 2.40 bits per heavy atom. The fourth-order valence-electron chi connectivity index (χ4n) is 0.310. The van der Waals surface area contributed by atoms with E-state index < -0.39 is 18.1 Å². The number of hydrogen-bond donors (Lipinski definition) is 2. The standard InChI is InChI=1S/C3H5O.C2H4O.2H2O.Ti/c1-2-3-4;1-2-3;;;/h2H,1,3H2;2-3H,1H2;2*1H2;/q-1;;;;+4/p-3. The molecule has 0 unspecified atom stereocenters. The van der Waals surface area contributed by atoms with Crippen LogP contribution in [-0.2, 0) is 24.8 Å². The van der Waals surface area contributed by atoms with E-state index in [0.29, 0.717) is 0 Å². The molecule has 4 nitrogen and oxygen atoms in total. The maximum absolute atomic E-state index is 8.83. The van der Waals surface area contributed by atoms with Gasteiger partial charge in [-0.05, 0) is 0 Å². The average molecular weight is 182 g/mol. The molecule has 0 fully saturated rings. The van der Waals surface area contributed by atoms with E-state index in [-0.39, 0.29) is 6.61 Å². The minimum absolute atomic E-state index is 0.0703. The summed E-state index contributed by atoms with van der Waals surface area (Å²) in [5.41, 5.74) is 0. The molecule has 0 atom stereocenters. The molecule has 0 radical (unpaired) electrons. The van der Waals surface area contributed by atoms with Crippen LogP contribution in [0.15, 0.2) is 25.5 Å². The normalized spacial score (nSPS) is 10.6. The van der Waals surface area contributed by atoms with E-state index in [0.717, 1.165) is 6.26 Å². The summed E-state index contributed by atoms with van der Waals surface area (Å²) in [7, 11) is 0. The first-order valence-electron chi connectivity index (χ1n) is 2.60. The van der Waals surface area contributed by atoms with Crippen molar-refractivity contribution in [3.63, 3.8) is 0 Å². The fourth-order valence-corrected chi connectivity index (χ4v) is 1.28. The van der Waals surface area contributed by atoms with Gasteiger partial charge in [-0.25, -0.2) is 0 Å². The first-order valence-corrected chi connectivity index (χ1v) is 5.28. The second-order valence-corrected chi connectivity index (χ2v) is 3.96. The zero-order valence-corrected chi connectivity index (χ0v) is 7.05. The quantitative estimate of drug-likeness (QED) is 0.361. The summed E-state index contributed by atoms with van der Waals surface area (Å²) in [6, 6.07) is 0. The van der Waals surface area contributed by atoms with Gasteiger partial charge >= 0.3 is 64.3 Å². The average Bonchev–Trinajstić information content (AvgIpc) is 1.84. The first-order chi connectivity index (χ1) is 4.62. The van der Waals surface area contributed by atoms with Gasteiger partial charge in [-0.15, -0.1) is 0 Å². The molecule has 0 bridgehead atoms. The summed E-state index contributed by atoms with van der Waals surface area (Å²) in [6.07, 6.45) is 2.35. The number of rotatable bonds is 5. The topological polar surface area (TPSA) is 58.9 Å². The Morgan fingerprint density at radius 2 is 2.00 bits per heavy atom. The Balaban J connectivity index is 3.61. The zero-order valence-electron chi connectivity index (χ0n) is 5.49. The van der Waals surface area contributed by atoms with Crippen molar-refractivity contribution < 1.29 is 32.2 Å². The van der Waals surface area contributed by atoms with Gasteiger partial charge in [-0.2, -0.15) is 0 Å². The second kappa shape index (κ2) is 4.65. The Bertz CT molecular complexity index is 123. The van der Waals surface area contributed by atoms with Crippen LogP contribution in [0.1, 0.15) is 0 Å². The molecule has 58 valence electrons. The van der Waals surface area contributed by atoms with Gasteiger partial charge in [0.2, 0.25) is 0 Å². The van der Waals surface area contributed by atoms with E-state index in [4.69, 9.17) is 7.38 Å². The molecule has 0 amide bonds. The summed E-state index contributed by atoms with van der Waals surface area (Å²) < 4.78 is 26.5. The molecule has 0 rings (SSSR count). The first kappa shape index (κ1) is 9.87. The summed E-state index contributed by atoms with van der Waals surface area (Å²) in [4.78, 5) is 0. The molecule has 0 aromatic heterocycles. The molecule has 0 aromatic rings. The van der Waals surface area contributed by atoms with Crippen LogP contribution in [0.2, 0.25) is 0 Å². The molecule has 0 heterocycles. The summed E-state index contributed by atoms with van der Waals surface area (Å²) in [5, 5.41) is 0. The van der Waals surface area contributed by atoms with Crippen molar-refractivity contribution in [2.75, 3.05) is 6.61 Å². The van der Waals surface area contributed by atoms with E-state index in [1.807, 2.05) is 0 Å². The van der Waals surface area contributed by atoms with Crippen LogP contribution in [0.3, 0.4) is 0 Å². The van der Waals surface area contributed by atoms with Crippen LogP contribution in [0.5, 0.6) is 0 Å². The van der Waals surface area contributed by atoms with Crippen LogP contribution in [0.4, 0.5) is 0 Å².